The van der Waals surface area contributed by atoms with Crippen molar-refractivity contribution in [3.05, 3.63) is 71.3 Å². The highest BCUT2D eigenvalue weighted by atomic mass is 19.4. The third-order valence-electron chi connectivity index (χ3n) is 6.83. The van der Waals surface area contributed by atoms with Gasteiger partial charge in [-0.15, -0.1) is 0 Å². The number of likely N-dealkylation sites (N-methyl/N-ethyl adjacent to an activating group) is 1. The van der Waals surface area contributed by atoms with Gasteiger partial charge in [0.2, 0.25) is 0 Å². The Morgan fingerprint density at radius 3 is 1.89 bits per heavy atom. The molecule has 2 N–H and O–H groups in total. The lowest BCUT2D eigenvalue weighted by Gasteiger charge is -2.36. The predicted octanol–water partition coefficient (Wildman–Crippen LogP) is 9.32. The van der Waals surface area contributed by atoms with Crippen molar-refractivity contribution in [3.63, 3.8) is 0 Å². The minimum absolute atomic E-state index is 0.254. The Hall–Kier alpha value is -2.47. The van der Waals surface area contributed by atoms with Gasteiger partial charge >= 0.3 is 6.18 Å². The molecule has 3 atom stereocenters. The van der Waals surface area contributed by atoms with Gasteiger partial charge in [-0.2, -0.15) is 13.2 Å². The second-order valence-electron chi connectivity index (χ2n) is 9.30. The van der Waals surface area contributed by atoms with E-state index in [1.807, 2.05) is 63.2 Å². The Labute approximate surface area is 230 Å². The molecule has 0 saturated carbocycles. The first-order valence-electron chi connectivity index (χ1n) is 14.1. The third kappa shape index (κ3) is 10.7. The maximum atomic E-state index is 13.4. The number of rotatable bonds is 7. The van der Waals surface area contributed by atoms with Gasteiger partial charge in [-0.3, -0.25) is 0 Å². The zero-order chi connectivity index (χ0) is 29.3. The standard InChI is InChI=1S/C18H17F3N2.C7H17N.C5H12.C2H6/c1-22-15-11-17(23(2)16-10-6-4-8-13(15)16)12-7-3-5-9-14(12)18(19,20)21;1-5-6(2)7(3)8-4;1-3-5-4-2;1-2/h3-11,17,22H,1-2H3;6-8H,5H2,1-4H3;3-5H2,1-2H3;1-2H3. The number of anilines is 1. The number of para-hydroxylation sites is 1. The van der Waals surface area contributed by atoms with Crippen LogP contribution in [0.3, 0.4) is 0 Å². The summed E-state index contributed by atoms with van der Waals surface area (Å²) in [6.45, 7) is 15.1. The number of fused-ring (bicyclic) bond motifs is 1. The monoisotopic (exact) mass is 535 g/mol. The van der Waals surface area contributed by atoms with E-state index in [0.717, 1.165) is 28.9 Å². The highest BCUT2D eigenvalue weighted by molar-refractivity contribution is 5.80. The zero-order valence-corrected chi connectivity index (χ0v) is 25.3. The van der Waals surface area contributed by atoms with Crippen molar-refractivity contribution in [1.29, 1.82) is 0 Å². The van der Waals surface area contributed by atoms with Crippen LogP contribution < -0.4 is 15.5 Å². The van der Waals surface area contributed by atoms with E-state index in [4.69, 9.17) is 0 Å². The molecule has 6 heteroatoms. The number of nitrogens with one attached hydrogen (secondary N) is 2. The van der Waals surface area contributed by atoms with Crippen LogP contribution >= 0.6 is 0 Å². The second kappa shape index (κ2) is 18.7. The first-order chi connectivity index (χ1) is 18.1. The fourth-order valence-electron chi connectivity index (χ4n) is 4.04. The summed E-state index contributed by atoms with van der Waals surface area (Å²) < 4.78 is 40.1. The quantitative estimate of drug-likeness (QED) is 0.370. The number of halogens is 3. The van der Waals surface area contributed by atoms with Crippen molar-refractivity contribution in [2.24, 2.45) is 5.92 Å². The fraction of sp³-hybridized carbons (Fsp3) is 0.562. The Balaban J connectivity index is 0.000000758. The normalized spacial score (nSPS) is 15.7. The van der Waals surface area contributed by atoms with Crippen molar-refractivity contribution in [2.75, 3.05) is 26.0 Å². The Kier molecular flexibility index (Phi) is 17.5. The topological polar surface area (TPSA) is 27.3 Å². The number of nitrogens with zero attached hydrogens (tertiary/aromatic N) is 1. The van der Waals surface area contributed by atoms with Gasteiger partial charge < -0.3 is 15.5 Å². The molecule has 216 valence electrons. The summed E-state index contributed by atoms with van der Waals surface area (Å²) in [5.74, 6) is 0.806. The van der Waals surface area contributed by atoms with Crippen molar-refractivity contribution < 1.29 is 13.2 Å². The maximum absolute atomic E-state index is 13.4. The van der Waals surface area contributed by atoms with E-state index in [9.17, 15) is 13.2 Å². The average Bonchev–Trinajstić information content (AvgIpc) is 2.94. The van der Waals surface area contributed by atoms with Crippen LogP contribution in [0.1, 0.15) is 96.9 Å². The molecule has 1 aliphatic heterocycles. The van der Waals surface area contributed by atoms with E-state index in [0.29, 0.717) is 6.04 Å². The van der Waals surface area contributed by atoms with Gasteiger partial charge in [-0.05, 0) is 43.7 Å². The minimum atomic E-state index is -4.37. The second-order valence-corrected chi connectivity index (χ2v) is 9.30. The lowest BCUT2D eigenvalue weighted by molar-refractivity contribution is -0.138. The lowest BCUT2D eigenvalue weighted by atomic mass is 9.92. The molecule has 2 aromatic rings. The van der Waals surface area contributed by atoms with Crippen LogP contribution in [0.2, 0.25) is 0 Å². The van der Waals surface area contributed by atoms with Gasteiger partial charge in [0.05, 0.1) is 11.6 Å². The van der Waals surface area contributed by atoms with E-state index in [2.05, 4.69) is 45.3 Å². The molecule has 0 aromatic heterocycles. The maximum Gasteiger partial charge on any atom is 0.416 e. The first kappa shape index (κ1) is 35.5. The van der Waals surface area contributed by atoms with E-state index in [1.54, 1.807) is 19.2 Å². The molecule has 1 aliphatic rings. The minimum Gasteiger partial charge on any atom is -0.388 e. The summed E-state index contributed by atoms with van der Waals surface area (Å²) in [4.78, 5) is 1.88. The van der Waals surface area contributed by atoms with Crippen molar-refractivity contribution in [3.8, 4) is 0 Å². The van der Waals surface area contributed by atoms with E-state index in [1.165, 1.54) is 31.7 Å². The Morgan fingerprint density at radius 1 is 0.895 bits per heavy atom. The Bertz CT molecular complexity index is 914. The molecular formula is C32H52F3N3. The zero-order valence-electron chi connectivity index (χ0n) is 25.3. The molecule has 0 radical (unpaired) electrons. The molecule has 2 aromatic carbocycles. The van der Waals surface area contributed by atoms with Crippen molar-refractivity contribution >= 4 is 11.4 Å². The van der Waals surface area contributed by atoms with Crippen LogP contribution in [0.15, 0.2) is 54.6 Å². The van der Waals surface area contributed by atoms with Gasteiger partial charge in [0.15, 0.2) is 0 Å². The molecule has 0 fully saturated rings. The van der Waals surface area contributed by atoms with Crippen LogP contribution in [-0.4, -0.2) is 27.2 Å². The number of benzene rings is 2. The van der Waals surface area contributed by atoms with Gasteiger partial charge in [0, 0.05) is 37.1 Å². The molecule has 0 saturated heterocycles. The van der Waals surface area contributed by atoms with E-state index in [-0.39, 0.29) is 5.56 Å². The average molecular weight is 536 g/mol. The van der Waals surface area contributed by atoms with Gasteiger partial charge in [-0.25, -0.2) is 0 Å². The predicted molar refractivity (Wildman–Crippen MR) is 161 cm³/mol. The lowest BCUT2D eigenvalue weighted by Crippen LogP contribution is -2.30. The fourth-order valence-corrected chi connectivity index (χ4v) is 4.04. The van der Waals surface area contributed by atoms with E-state index < -0.39 is 17.8 Å². The van der Waals surface area contributed by atoms with Crippen LogP contribution in [0, 0.1) is 5.92 Å². The summed E-state index contributed by atoms with van der Waals surface area (Å²) >= 11 is 0. The molecular weight excluding hydrogens is 483 g/mol. The van der Waals surface area contributed by atoms with Crippen LogP contribution in [0.5, 0.6) is 0 Å². The molecule has 1 heterocycles. The summed E-state index contributed by atoms with van der Waals surface area (Å²) in [7, 11) is 5.61. The first-order valence-corrected chi connectivity index (χ1v) is 14.1. The largest absolute Gasteiger partial charge is 0.416 e. The van der Waals surface area contributed by atoms with Crippen LogP contribution in [0.4, 0.5) is 18.9 Å². The smallest absolute Gasteiger partial charge is 0.388 e. The summed E-state index contributed by atoms with van der Waals surface area (Å²) in [6.07, 6.45) is 2.81. The summed E-state index contributed by atoms with van der Waals surface area (Å²) in [5.41, 5.74) is 2.38. The SMILES string of the molecule is CC.CCC(C)C(C)NC.CCCCC.CNC1=CC(c2ccccc2C(F)(F)F)N(C)c2ccccc21. The van der Waals surface area contributed by atoms with Crippen LogP contribution in [0.25, 0.3) is 5.70 Å². The molecule has 38 heavy (non-hydrogen) atoms. The van der Waals surface area contributed by atoms with Crippen molar-refractivity contribution in [1.82, 2.24) is 10.6 Å². The van der Waals surface area contributed by atoms with Crippen molar-refractivity contribution in [2.45, 2.75) is 92.4 Å². The number of alkyl halides is 3. The molecule has 0 amide bonds. The molecule has 0 spiro atoms. The molecule has 3 unspecified atom stereocenters. The Morgan fingerprint density at radius 2 is 1.45 bits per heavy atom. The van der Waals surface area contributed by atoms with Gasteiger partial charge in [0.25, 0.3) is 0 Å². The van der Waals surface area contributed by atoms with E-state index >= 15 is 0 Å². The summed E-state index contributed by atoms with van der Waals surface area (Å²) in [5, 5.41) is 6.31. The molecule has 3 nitrogen and oxygen atoms in total. The number of hydrogen-bond acceptors (Lipinski definition) is 3. The third-order valence-corrected chi connectivity index (χ3v) is 6.83. The number of hydrogen-bond donors (Lipinski definition) is 2. The summed E-state index contributed by atoms with van der Waals surface area (Å²) in [6, 6.07) is 13.6. The van der Waals surface area contributed by atoms with Gasteiger partial charge in [0.1, 0.15) is 0 Å². The molecule has 0 aliphatic carbocycles. The van der Waals surface area contributed by atoms with Crippen LogP contribution in [-0.2, 0) is 6.18 Å². The highest BCUT2D eigenvalue weighted by Crippen LogP contribution is 2.42. The highest BCUT2D eigenvalue weighted by Gasteiger charge is 2.36. The number of unbranched alkanes of at least 4 members (excludes halogenated alkanes) is 2. The molecule has 3 rings (SSSR count). The molecule has 0 bridgehead atoms. The van der Waals surface area contributed by atoms with Gasteiger partial charge in [-0.1, -0.05) is 104 Å².